The summed E-state index contributed by atoms with van der Waals surface area (Å²) < 4.78 is 5.11. The van der Waals surface area contributed by atoms with Crippen LogP contribution in [0.5, 0.6) is 0 Å². The van der Waals surface area contributed by atoms with E-state index in [2.05, 4.69) is 16.2 Å². The quantitative estimate of drug-likeness (QED) is 0.868. The molecule has 2 aromatic heterocycles. The lowest BCUT2D eigenvalue weighted by Crippen LogP contribution is -1.96. The van der Waals surface area contributed by atoms with Gasteiger partial charge in [-0.1, -0.05) is 5.16 Å². The van der Waals surface area contributed by atoms with Gasteiger partial charge < -0.3 is 9.63 Å². The van der Waals surface area contributed by atoms with Crippen LogP contribution in [0.25, 0.3) is 10.8 Å². The Morgan fingerprint density at radius 2 is 2.25 bits per heavy atom. The zero-order chi connectivity index (χ0) is 11.0. The van der Waals surface area contributed by atoms with Crippen molar-refractivity contribution in [2.75, 3.05) is 0 Å². The van der Waals surface area contributed by atoms with E-state index in [1.54, 1.807) is 11.3 Å². The molecule has 1 aliphatic carbocycles. The second-order valence-electron chi connectivity index (χ2n) is 3.94. The number of thiophene rings is 1. The van der Waals surface area contributed by atoms with Gasteiger partial charge in [-0.2, -0.15) is 4.98 Å². The van der Waals surface area contributed by atoms with E-state index in [1.165, 1.54) is 29.7 Å². The predicted molar refractivity (Wildman–Crippen MR) is 60.2 cm³/mol. The van der Waals surface area contributed by atoms with E-state index in [4.69, 9.17) is 9.63 Å². The van der Waals surface area contributed by atoms with Crippen molar-refractivity contribution in [3.63, 3.8) is 0 Å². The Hall–Kier alpha value is -1.20. The van der Waals surface area contributed by atoms with Gasteiger partial charge in [-0.05, 0) is 37.3 Å². The van der Waals surface area contributed by atoms with Crippen LogP contribution in [0.4, 0.5) is 0 Å². The minimum atomic E-state index is -0.172. The fourth-order valence-electron chi connectivity index (χ4n) is 2.01. The molecular formula is C11H12N2O2S. The highest BCUT2D eigenvalue weighted by Crippen LogP contribution is 2.34. The second-order valence-corrected chi connectivity index (χ2v) is 5.08. The molecule has 1 N–H and O–H groups in total. The normalized spacial score (nSPS) is 15.1. The summed E-state index contributed by atoms with van der Waals surface area (Å²) in [4.78, 5) is 6.60. The minimum Gasteiger partial charge on any atom is -0.388 e. The first-order chi connectivity index (χ1) is 7.86. The maximum absolute atomic E-state index is 8.88. The Kier molecular flexibility index (Phi) is 2.49. The Morgan fingerprint density at radius 3 is 3.00 bits per heavy atom. The lowest BCUT2D eigenvalue weighted by Gasteiger charge is -2.08. The average molecular weight is 236 g/mol. The summed E-state index contributed by atoms with van der Waals surface area (Å²) in [5.41, 5.74) is 1.43. The van der Waals surface area contributed by atoms with Crippen LogP contribution < -0.4 is 0 Å². The highest BCUT2D eigenvalue weighted by molar-refractivity contribution is 7.15. The Morgan fingerprint density at radius 1 is 1.38 bits per heavy atom. The van der Waals surface area contributed by atoms with Crippen molar-refractivity contribution in [2.45, 2.75) is 32.3 Å². The number of nitrogens with zero attached hydrogens (tertiary/aromatic N) is 2. The molecule has 4 nitrogen and oxygen atoms in total. The highest BCUT2D eigenvalue weighted by atomic mass is 32.1. The first-order valence-corrected chi connectivity index (χ1v) is 6.24. The van der Waals surface area contributed by atoms with E-state index in [0.717, 1.165) is 11.3 Å². The standard InChI is InChI=1S/C11H12N2O2S/c14-6-10-12-11(15-13-10)9-5-7-3-1-2-4-8(7)16-9/h5,14H,1-4,6H2. The van der Waals surface area contributed by atoms with Gasteiger partial charge in [0, 0.05) is 4.88 Å². The van der Waals surface area contributed by atoms with Crippen molar-refractivity contribution >= 4 is 11.3 Å². The molecule has 0 aliphatic heterocycles. The Balaban J connectivity index is 1.96. The average Bonchev–Trinajstić information content (AvgIpc) is 2.95. The maximum Gasteiger partial charge on any atom is 0.268 e. The zero-order valence-corrected chi connectivity index (χ0v) is 9.59. The molecule has 16 heavy (non-hydrogen) atoms. The fraction of sp³-hybridized carbons (Fsp3) is 0.455. The van der Waals surface area contributed by atoms with Crippen LogP contribution >= 0.6 is 11.3 Å². The molecule has 0 radical (unpaired) electrons. The maximum atomic E-state index is 8.88. The van der Waals surface area contributed by atoms with Crippen LogP contribution in [0.1, 0.15) is 29.1 Å². The summed E-state index contributed by atoms with van der Waals surface area (Å²) in [5.74, 6) is 0.879. The van der Waals surface area contributed by atoms with Gasteiger partial charge in [0.15, 0.2) is 5.82 Å². The van der Waals surface area contributed by atoms with E-state index in [1.807, 2.05) is 0 Å². The van der Waals surface area contributed by atoms with E-state index in [-0.39, 0.29) is 6.61 Å². The summed E-state index contributed by atoms with van der Waals surface area (Å²) >= 11 is 1.73. The molecule has 0 spiro atoms. The number of aromatic nitrogens is 2. The number of aryl methyl sites for hydroxylation is 2. The van der Waals surface area contributed by atoms with Gasteiger partial charge in [-0.25, -0.2) is 0 Å². The molecule has 1 aliphatic rings. The fourth-order valence-corrected chi connectivity index (χ4v) is 3.19. The number of aliphatic hydroxyl groups is 1. The van der Waals surface area contributed by atoms with Gasteiger partial charge in [0.05, 0.1) is 4.88 Å². The van der Waals surface area contributed by atoms with Crippen molar-refractivity contribution in [3.8, 4) is 10.8 Å². The van der Waals surface area contributed by atoms with E-state index in [9.17, 15) is 0 Å². The van der Waals surface area contributed by atoms with E-state index < -0.39 is 0 Å². The Labute approximate surface area is 96.9 Å². The third-order valence-corrected chi connectivity index (χ3v) is 4.04. The zero-order valence-electron chi connectivity index (χ0n) is 8.77. The highest BCUT2D eigenvalue weighted by Gasteiger charge is 2.17. The van der Waals surface area contributed by atoms with Crippen molar-refractivity contribution < 1.29 is 9.63 Å². The monoisotopic (exact) mass is 236 g/mol. The molecule has 0 fully saturated rings. The first-order valence-electron chi connectivity index (χ1n) is 5.42. The molecule has 2 aromatic rings. The molecule has 0 unspecified atom stereocenters. The first kappa shape index (κ1) is 9.99. The topological polar surface area (TPSA) is 59.2 Å². The molecule has 0 bridgehead atoms. The molecule has 5 heteroatoms. The largest absolute Gasteiger partial charge is 0.388 e. The number of rotatable bonds is 2. The van der Waals surface area contributed by atoms with Crippen LogP contribution in [-0.2, 0) is 19.4 Å². The molecule has 0 aromatic carbocycles. The molecule has 0 amide bonds. The van der Waals surface area contributed by atoms with E-state index >= 15 is 0 Å². The van der Waals surface area contributed by atoms with Gasteiger partial charge >= 0.3 is 0 Å². The Bertz CT molecular complexity index is 480. The number of fused-ring (bicyclic) bond motifs is 1. The van der Waals surface area contributed by atoms with Crippen molar-refractivity contribution in [2.24, 2.45) is 0 Å². The van der Waals surface area contributed by atoms with Gasteiger partial charge in [0.2, 0.25) is 0 Å². The summed E-state index contributed by atoms with van der Waals surface area (Å²) in [5, 5.41) is 12.6. The summed E-state index contributed by atoms with van der Waals surface area (Å²) in [7, 11) is 0. The molecule has 0 atom stereocenters. The van der Waals surface area contributed by atoms with Crippen molar-refractivity contribution in [1.29, 1.82) is 0 Å². The third-order valence-electron chi connectivity index (χ3n) is 2.82. The van der Waals surface area contributed by atoms with E-state index in [0.29, 0.717) is 11.7 Å². The summed E-state index contributed by atoms with van der Waals surface area (Å²) in [6, 6.07) is 2.15. The van der Waals surface area contributed by atoms with Crippen molar-refractivity contribution in [1.82, 2.24) is 10.1 Å². The minimum absolute atomic E-state index is 0.172. The lowest BCUT2D eigenvalue weighted by molar-refractivity contribution is 0.264. The molecule has 2 heterocycles. The lowest BCUT2D eigenvalue weighted by atomic mass is 9.99. The van der Waals surface area contributed by atoms with Crippen LogP contribution in [-0.4, -0.2) is 15.2 Å². The van der Waals surface area contributed by atoms with Crippen LogP contribution in [0.15, 0.2) is 10.6 Å². The number of hydrogen-bond acceptors (Lipinski definition) is 5. The van der Waals surface area contributed by atoms with Crippen LogP contribution in [0, 0.1) is 0 Å². The van der Waals surface area contributed by atoms with Crippen LogP contribution in [0.3, 0.4) is 0 Å². The number of hydrogen-bond donors (Lipinski definition) is 1. The summed E-state index contributed by atoms with van der Waals surface area (Å²) in [6.07, 6.45) is 4.88. The van der Waals surface area contributed by atoms with Crippen molar-refractivity contribution in [3.05, 3.63) is 22.3 Å². The SMILES string of the molecule is OCc1noc(-c2cc3c(s2)CCCC3)n1. The molecule has 0 saturated heterocycles. The van der Waals surface area contributed by atoms with Gasteiger partial charge in [0.25, 0.3) is 5.89 Å². The molecule has 0 saturated carbocycles. The molecule has 3 rings (SSSR count). The van der Waals surface area contributed by atoms with Crippen LogP contribution in [0.2, 0.25) is 0 Å². The van der Waals surface area contributed by atoms with Gasteiger partial charge in [-0.15, -0.1) is 11.3 Å². The summed E-state index contributed by atoms with van der Waals surface area (Å²) in [6.45, 7) is -0.172. The smallest absolute Gasteiger partial charge is 0.268 e. The van der Waals surface area contributed by atoms with Gasteiger partial charge in [0.1, 0.15) is 6.61 Å². The van der Waals surface area contributed by atoms with Gasteiger partial charge in [-0.3, -0.25) is 0 Å². The third kappa shape index (κ3) is 1.66. The second kappa shape index (κ2) is 3.99. The molecule has 84 valence electrons. The molecular weight excluding hydrogens is 224 g/mol. The number of aliphatic hydroxyl groups excluding tert-OH is 1. The predicted octanol–water partition coefficient (Wildman–Crippen LogP) is 2.17.